The van der Waals surface area contributed by atoms with Crippen molar-refractivity contribution in [2.24, 2.45) is 0 Å². The van der Waals surface area contributed by atoms with Gasteiger partial charge in [0.15, 0.2) is 0 Å². The molecule has 4 aromatic carbocycles. The average molecular weight is 451 g/mol. The summed E-state index contributed by atoms with van der Waals surface area (Å²) in [5.41, 5.74) is 0.112. The van der Waals surface area contributed by atoms with Gasteiger partial charge in [-0.15, -0.1) is 0 Å². The summed E-state index contributed by atoms with van der Waals surface area (Å²) in [6, 6.07) is 37.9. The lowest BCUT2D eigenvalue weighted by molar-refractivity contribution is -0.299. The second-order valence-corrected chi connectivity index (χ2v) is 10.6. The van der Waals surface area contributed by atoms with E-state index in [2.05, 4.69) is 5.32 Å². The summed E-state index contributed by atoms with van der Waals surface area (Å²) in [5.74, 6) is -0.256. The van der Waals surface area contributed by atoms with Crippen molar-refractivity contribution < 1.29 is 14.7 Å². The van der Waals surface area contributed by atoms with Crippen LogP contribution in [0.2, 0.25) is 0 Å². The maximum absolute atomic E-state index is 12.8. The van der Waals surface area contributed by atoms with Gasteiger partial charge in [0.1, 0.15) is 28.9 Å². The highest BCUT2D eigenvalue weighted by molar-refractivity contribution is 7.98. The molecule has 1 amide bonds. The van der Waals surface area contributed by atoms with Crippen LogP contribution in [0, 0.1) is 0 Å². The molecule has 4 rings (SSSR count). The lowest BCUT2D eigenvalue weighted by Gasteiger charge is -2.25. The first kappa shape index (κ1) is 22.2. The van der Waals surface area contributed by atoms with Crippen LogP contribution in [0.15, 0.2) is 133 Å². The van der Waals surface area contributed by atoms with E-state index in [1.165, 1.54) is 0 Å². The number of rotatable bonds is 7. The zero-order valence-corrected chi connectivity index (χ0v) is 18.7. The van der Waals surface area contributed by atoms with Crippen LogP contribution < -0.4 is 26.3 Å². The van der Waals surface area contributed by atoms with Gasteiger partial charge >= 0.3 is 0 Å². The molecule has 0 unspecified atom stereocenters. The first-order chi connectivity index (χ1) is 16.1. The van der Waals surface area contributed by atoms with Crippen molar-refractivity contribution >= 4 is 35.1 Å². The van der Waals surface area contributed by atoms with Gasteiger partial charge in [-0.2, -0.15) is 0 Å². The molecule has 1 N–H and O–H groups in total. The Morgan fingerprint density at radius 2 is 0.970 bits per heavy atom. The van der Waals surface area contributed by atoms with E-state index in [0.717, 1.165) is 15.9 Å². The summed E-state index contributed by atoms with van der Waals surface area (Å²) in [5, 5.41) is 17.7. The second-order valence-electron chi connectivity index (χ2n) is 7.38. The highest BCUT2D eigenvalue weighted by atomic mass is 31.2. The Kier molecular flexibility index (Phi) is 6.77. The number of aliphatic carboxylic acids is 1. The van der Waals surface area contributed by atoms with Crippen molar-refractivity contribution in [3.8, 4) is 0 Å². The van der Waals surface area contributed by atoms with Gasteiger partial charge in [0.2, 0.25) is 0 Å². The molecule has 0 aliphatic rings. The van der Waals surface area contributed by atoms with E-state index in [9.17, 15) is 14.7 Å². The molecular weight excluding hydrogens is 429 g/mol. The van der Waals surface area contributed by atoms with Crippen molar-refractivity contribution in [2.75, 3.05) is 0 Å². The third kappa shape index (κ3) is 4.77. The Balaban J connectivity index is 1.96. The maximum atomic E-state index is 12.8. The molecule has 0 saturated heterocycles. The van der Waals surface area contributed by atoms with Crippen molar-refractivity contribution in [3.05, 3.63) is 138 Å². The van der Waals surface area contributed by atoms with E-state index in [1.807, 2.05) is 91.0 Å². The summed E-state index contributed by atoms with van der Waals surface area (Å²) in [7, 11) is -2.61. The molecule has 0 aromatic heterocycles. The van der Waals surface area contributed by atoms with Crippen LogP contribution in [0.25, 0.3) is 0 Å². The number of carbonyl (C=O) groups excluding carboxylic acids is 2. The topological polar surface area (TPSA) is 69.2 Å². The molecule has 0 fully saturated rings. The Bertz CT molecular complexity index is 1160. The lowest BCUT2D eigenvalue weighted by Crippen LogP contribution is -2.38. The SMILES string of the molecule is O=C([O-])C(=C[P+](c1ccccc1)(c1ccccc1)c1ccccc1)NC(=O)c1ccccc1. The fourth-order valence-electron chi connectivity index (χ4n) is 3.77. The summed E-state index contributed by atoms with van der Waals surface area (Å²) >= 11 is 0. The van der Waals surface area contributed by atoms with E-state index in [-0.39, 0.29) is 5.70 Å². The van der Waals surface area contributed by atoms with Crippen molar-refractivity contribution in [2.45, 2.75) is 0 Å². The fourth-order valence-corrected chi connectivity index (χ4v) is 7.60. The Morgan fingerprint density at radius 1 is 0.606 bits per heavy atom. The Morgan fingerprint density at radius 3 is 1.33 bits per heavy atom. The molecule has 0 bridgehead atoms. The van der Waals surface area contributed by atoms with Gasteiger partial charge in [0.25, 0.3) is 5.91 Å². The minimum atomic E-state index is -2.61. The van der Waals surface area contributed by atoms with Crippen LogP contribution >= 0.6 is 7.26 Å². The molecule has 0 aliphatic heterocycles. The van der Waals surface area contributed by atoms with Crippen molar-refractivity contribution in [1.82, 2.24) is 5.32 Å². The second kappa shape index (κ2) is 10.1. The summed E-state index contributed by atoms with van der Waals surface area (Å²) in [6.07, 6.45) is 0. The van der Waals surface area contributed by atoms with E-state index in [1.54, 1.807) is 36.1 Å². The third-order valence-corrected chi connectivity index (χ3v) is 9.30. The van der Waals surface area contributed by atoms with E-state index >= 15 is 0 Å². The monoisotopic (exact) mass is 451 g/mol. The predicted octanol–water partition coefficient (Wildman–Crippen LogP) is 3.00. The van der Waals surface area contributed by atoms with Gasteiger partial charge in [0, 0.05) is 5.56 Å². The zero-order chi connectivity index (χ0) is 23.1. The number of carboxylic acids is 1. The van der Waals surface area contributed by atoms with Crippen LogP contribution in [-0.4, -0.2) is 11.9 Å². The van der Waals surface area contributed by atoms with E-state index in [4.69, 9.17) is 0 Å². The van der Waals surface area contributed by atoms with Gasteiger partial charge in [0.05, 0.1) is 11.8 Å². The molecule has 0 heterocycles. The third-order valence-electron chi connectivity index (χ3n) is 5.32. The first-order valence-electron chi connectivity index (χ1n) is 10.5. The van der Waals surface area contributed by atoms with E-state index < -0.39 is 19.1 Å². The number of hydrogen-bond acceptors (Lipinski definition) is 3. The molecule has 0 aliphatic carbocycles. The van der Waals surface area contributed by atoms with Crippen LogP contribution in [-0.2, 0) is 4.79 Å². The van der Waals surface area contributed by atoms with Crippen LogP contribution in [0.1, 0.15) is 10.4 Å². The van der Waals surface area contributed by atoms with Crippen LogP contribution in [0.5, 0.6) is 0 Å². The fraction of sp³-hybridized carbons (Fsp3) is 0. The largest absolute Gasteiger partial charge is 0.543 e. The lowest BCUT2D eigenvalue weighted by atomic mass is 10.2. The molecular formula is C28H22NO3P. The van der Waals surface area contributed by atoms with Crippen LogP contribution in [0.3, 0.4) is 0 Å². The smallest absolute Gasteiger partial charge is 0.255 e. The summed E-state index contributed by atoms with van der Waals surface area (Å²) < 4.78 is 0. The zero-order valence-electron chi connectivity index (χ0n) is 17.8. The quantitative estimate of drug-likeness (QED) is 0.347. The molecule has 4 nitrogen and oxygen atoms in total. The normalized spacial score (nSPS) is 11.6. The minimum absolute atomic E-state index is 0.256. The van der Waals surface area contributed by atoms with Gasteiger partial charge in [-0.25, -0.2) is 0 Å². The van der Waals surface area contributed by atoms with Crippen molar-refractivity contribution in [3.63, 3.8) is 0 Å². The molecule has 0 saturated carbocycles. The Hall–Kier alpha value is -4.01. The van der Waals surface area contributed by atoms with Gasteiger partial charge < -0.3 is 15.2 Å². The van der Waals surface area contributed by atoms with Crippen LogP contribution in [0.4, 0.5) is 0 Å². The number of amides is 1. The van der Waals surface area contributed by atoms with Gasteiger partial charge in [-0.3, -0.25) is 4.79 Å². The summed E-state index contributed by atoms with van der Waals surface area (Å²) in [4.78, 5) is 25.1. The first-order valence-corrected chi connectivity index (χ1v) is 12.3. The molecule has 162 valence electrons. The van der Waals surface area contributed by atoms with Gasteiger partial charge in [-0.05, 0) is 48.5 Å². The molecule has 33 heavy (non-hydrogen) atoms. The van der Waals surface area contributed by atoms with Crippen molar-refractivity contribution in [1.29, 1.82) is 0 Å². The molecule has 5 heteroatoms. The Labute approximate surface area is 193 Å². The number of nitrogens with one attached hydrogen (secondary N) is 1. The number of carboxylic acid groups (broad SMARTS) is 1. The highest BCUT2D eigenvalue weighted by Crippen LogP contribution is 2.57. The molecule has 0 spiro atoms. The number of benzene rings is 4. The number of carbonyl (C=O) groups is 2. The number of hydrogen-bond donors (Lipinski definition) is 1. The van der Waals surface area contributed by atoms with Gasteiger partial charge in [-0.1, -0.05) is 72.8 Å². The standard InChI is InChI=1S/C28H22NO3P/c30-27(22-13-5-1-6-14-22)29-26(28(31)32)21-33(23-15-7-2-8-16-23,24-17-9-3-10-18-24)25-19-11-4-12-20-25/h1-21H,(H-,29,30,31,32). The highest BCUT2D eigenvalue weighted by Gasteiger charge is 2.44. The maximum Gasteiger partial charge on any atom is 0.255 e. The van der Waals surface area contributed by atoms with E-state index in [0.29, 0.717) is 5.56 Å². The molecule has 0 atom stereocenters. The average Bonchev–Trinajstić information content (AvgIpc) is 2.88. The molecule has 0 radical (unpaired) electrons. The molecule has 4 aromatic rings. The minimum Gasteiger partial charge on any atom is -0.543 e. The predicted molar refractivity (Wildman–Crippen MR) is 132 cm³/mol. The summed E-state index contributed by atoms with van der Waals surface area (Å²) in [6.45, 7) is 0.